The quantitative estimate of drug-likeness (QED) is 0.336. The number of rotatable bonds is 7. The monoisotopic (exact) mass is 686 g/mol. The number of amides is 3. The number of nitrogens with zero attached hydrogens (tertiary/aromatic N) is 3. The van der Waals surface area contributed by atoms with Crippen molar-refractivity contribution >= 4 is 53.4 Å². The summed E-state index contributed by atoms with van der Waals surface area (Å²) in [5, 5.41) is 12.9. The molecular weight excluding hydrogens is 647 g/mol. The van der Waals surface area contributed by atoms with Crippen molar-refractivity contribution in [3.8, 4) is 0 Å². The van der Waals surface area contributed by atoms with Crippen LogP contribution in [-0.4, -0.2) is 81.1 Å². The highest BCUT2D eigenvalue weighted by molar-refractivity contribution is 9.10. The second kappa shape index (κ2) is 11.9. The molecule has 12 heteroatoms. The summed E-state index contributed by atoms with van der Waals surface area (Å²) in [6.07, 6.45) is 0.756. The lowest BCUT2D eigenvalue weighted by Gasteiger charge is -2.31. The summed E-state index contributed by atoms with van der Waals surface area (Å²) in [6.45, 7) is 7.51. The third kappa shape index (κ3) is 5.32. The third-order valence-electron chi connectivity index (χ3n) is 9.88. The Labute approximate surface area is 267 Å². The van der Waals surface area contributed by atoms with Gasteiger partial charge in [0.05, 0.1) is 44.0 Å². The van der Waals surface area contributed by atoms with Crippen LogP contribution in [0.3, 0.4) is 0 Å². The standard InChI is InChI=1S/C32H40BrFN4O5Si/c1-20-30(44(2,3)34)27(16-28(40)36-13-4-5-24(36)19-39)43-32(20)25-15-22(33)8-11-26(25)38(31(32)42)18-21-6-9-23(10-7-21)37-14-12-35-17-29(37)41/h6-11,15,20,24,27,30,35,39H,4-5,12-14,16-19H2,1-3H3/t20-,24-,27+,30-,32+/m0/s1. The lowest BCUT2D eigenvalue weighted by Crippen LogP contribution is -2.48. The highest BCUT2D eigenvalue weighted by Gasteiger charge is 2.67. The van der Waals surface area contributed by atoms with E-state index in [2.05, 4.69) is 21.2 Å². The number of nitrogens with one attached hydrogen (secondary N) is 1. The molecule has 2 aromatic rings. The van der Waals surface area contributed by atoms with E-state index >= 15 is 4.11 Å². The van der Waals surface area contributed by atoms with Crippen LogP contribution in [0.4, 0.5) is 15.5 Å². The van der Waals surface area contributed by atoms with Crippen molar-refractivity contribution in [3.63, 3.8) is 0 Å². The van der Waals surface area contributed by atoms with Crippen LogP contribution in [0.25, 0.3) is 0 Å². The number of carbonyl (C=O) groups is 3. The maximum absolute atomic E-state index is 16.2. The normalized spacial score (nSPS) is 28.8. The first-order valence-electron chi connectivity index (χ1n) is 15.4. The van der Waals surface area contributed by atoms with Crippen molar-refractivity contribution in [1.82, 2.24) is 10.2 Å². The van der Waals surface area contributed by atoms with Gasteiger partial charge in [0.2, 0.25) is 20.2 Å². The lowest BCUT2D eigenvalue weighted by atomic mass is 9.82. The molecule has 2 N–H and O–H groups in total. The smallest absolute Gasteiger partial charge is 0.264 e. The van der Waals surface area contributed by atoms with Gasteiger partial charge in [-0.25, -0.2) is 0 Å². The first kappa shape index (κ1) is 31.3. The van der Waals surface area contributed by atoms with Gasteiger partial charge in [-0.1, -0.05) is 35.0 Å². The van der Waals surface area contributed by atoms with E-state index in [4.69, 9.17) is 4.74 Å². The average molecular weight is 688 g/mol. The van der Waals surface area contributed by atoms with Gasteiger partial charge >= 0.3 is 0 Å². The minimum Gasteiger partial charge on any atom is -0.394 e. The van der Waals surface area contributed by atoms with Crippen LogP contribution in [0.5, 0.6) is 0 Å². The molecule has 0 saturated carbocycles. The van der Waals surface area contributed by atoms with Gasteiger partial charge in [-0.3, -0.25) is 14.4 Å². The summed E-state index contributed by atoms with van der Waals surface area (Å²) in [7, 11) is -3.43. The Morgan fingerprint density at radius 3 is 2.61 bits per heavy atom. The Balaban J connectivity index is 1.31. The number of fused-ring (bicyclic) bond motifs is 2. The van der Waals surface area contributed by atoms with Crippen molar-refractivity contribution < 1.29 is 28.3 Å². The molecule has 236 valence electrons. The zero-order chi connectivity index (χ0) is 31.4. The van der Waals surface area contributed by atoms with Crippen LogP contribution in [0.2, 0.25) is 18.6 Å². The van der Waals surface area contributed by atoms with Gasteiger partial charge in [0.1, 0.15) is 0 Å². The van der Waals surface area contributed by atoms with Crippen LogP contribution in [0.15, 0.2) is 46.9 Å². The van der Waals surface area contributed by atoms with Gasteiger partial charge < -0.3 is 34.0 Å². The highest BCUT2D eigenvalue weighted by atomic mass is 79.9. The molecule has 9 nitrogen and oxygen atoms in total. The van der Waals surface area contributed by atoms with Crippen molar-refractivity contribution in [3.05, 3.63) is 58.1 Å². The Morgan fingerprint density at radius 2 is 1.93 bits per heavy atom. The average Bonchev–Trinajstić information content (AvgIpc) is 3.64. The van der Waals surface area contributed by atoms with E-state index in [0.29, 0.717) is 30.9 Å². The molecule has 5 atom stereocenters. The number of likely N-dealkylation sites (tertiary alicyclic amines) is 1. The topological polar surface area (TPSA) is 102 Å². The van der Waals surface area contributed by atoms with Crippen molar-refractivity contribution in [2.24, 2.45) is 5.92 Å². The Hall–Kier alpha value is -2.64. The summed E-state index contributed by atoms with van der Waals surface area (Å²) >= 11 is 3.57. The number of ether oxygens (including phenoxy) is 1. The van der Waals surface area contributed by atoms with E-state index in [9.17, 15) is 19.5 Å². The maximum atomic E-state index is 16.2. The summed E-state index contributed by atoms with van der Waals surface area (Å²) in [6, 6.07) is 13.1. The van der Waals surface area contributed by atoms with Crippen LogP contribution >= 0.6 is 15.9 Å². The molecule has 6 rings (SSSR count). The minimum absolute atomic E-state index is 0.0195. The Kier molecular flexibility index (Phi) is 8.51. The number of hydrogen-bond donors (Lipinski definition) is 2. The Bertz CT molecular complexity index is 1460. The first-order chi connectivity index (χ1) is 21.0. The van der Waals surface area contributed by atoms with E-state index < -0.39 is 31.6 Å². The first-order valence-corrected chi connectivity index (χ1v) is 19.2. The zero-order valence-electron chi connectivity index (χ0n) is 25.4. The van der Waals surface area contributed by atoms with Gasteiger partial charge in [0.15, 0.2) is 5.60 Å². The second-order valence-electron chi connectivity index (χ2n) is 13.0. The number of aliphatic hydroxyl groups excluding tert-OH is 1. The minimum atomic E-state index is -3.43. The second-order valence-corrected chi connectivity index (χ2v) is 17.7. The van der Waals surface area contributed by atoms with Gasteiger partial charge in [-0.2, -0.15) is 0 Å². The summed E-state index contributed by atoms with van der Waals surface area (Å²) in [5.41, 5.74) is 1.06. The van der Waals surface area contributed by atoms with E-state index in [1.165, 1.54) is 0 Å². The van der Waals surface area contributed by atoms with Gasteiger partial charge in [-0.15, -0.1) is 0 Å². The van der Waals surface area contributed by atoms with Crippen LogP contribution in [0, 0.1) is 5.92 Å². The predicted molar refractivity (Wildman–Crippen MR) is 171 cm³/mol. The molecule has 0 radical (unpaired) electrons. The van der Waals surface area contributed by atoms with Crippen molar-refractivity contribution in [2.45, 2.75) is 69.1 Å². The van der Waals surface area contributed by atoms with Crippen LogP contribution in [-0.2, 0) is 31.3 Å². The van der Waals surface area contributed by atoms with E-state index in [1.54, 1.807) is 27.8 Å². The molecule has 0 aromatic heterocycles. The lowest BCUT2D eigenvalue weighted by molar-refractivity contribution is -0.150. The molecule has 0 bridgehead atoms. The van der Waals surface area contributed by atoms with Gasteiger partial charge in [0, 0.05) is 46.8 Å². The number of halogens is 2. The summed E-state index contributed by atoms with van der Waals surface area (Å²) in [4.78, 5) is 45.6. The highest BCUT2D eigenvalue weighted by Crippen LogP contribution is 2.60. The molecule has 3 fully saturated rings. The number of aliphatic hydroxyl groups is 1. The Morgan fingerprint density at radius 1 is 1.18 bits per heavy atom. The number of piperazine rings is 1. The number of anilines is 2. The van der Waals surface area contributed by atoms with Gasteiger partial charge in [-0.05, 0) is 61.8 Å². The largest absolute Gasteiger partial charge is 0.394 e. The summed E-state index contributed by atoms with van der Waals surface area (Å²) < 4.78 is 23.7. The molecule has 44 heavy (non-hydrogen) atoms. The fraction of sp³-hybridized carbons (Fsp3) is 0.531. The van der Waals surface area contributed by atoms with E-state index in [-0.39, 0.29) is 43.3 Å². The fourth-order valence-electron chi connectivity index (χ4n) is 7.86. The van der Waals surface area contributed by atoms with Crippen molar-refractivity contribution in [1.29, 1.82) is 0 Å². The number of hydrogen-bond acceptors (Lipinski definition) is 6. The maximum Gasteiger partial charge on any atom is 0.264 e. The molecule has 0 unspecified atom stereocenters. The zero-order valence-corrected chi connectivity index (χ0v) is 28.0. The van der Waals surface area contributed by atoms with Crippen LogP contribution in [0.1, 0.15) is 37.3 Å². The number of carbonyl (C=O) groups excluding carboxylic acids is 3. The summed E-state index contributed by atoms with van der Waals surface area (Å²) in [5.74, 6) is -0.914. The SMILES string of the molecule is C[C@H]1[C@H]([Si](C)(C)F)[C@@H](CC(=O)N2CCC[C@H]2CO)O[C@]12C(=O)N(Cc1ccc(N3CCNCC3=O)cc1)c1ccc(Br)cc12. The molecular formula is C32H40BrFN4O5Si. The fourth-order valence-corrected chi connectivity index (χ4v) is 10.7. The molecule has 1 spiro atoms. The number of benzene rings is 2. The third-order valence-corrected chi connectivity index (χ3v) is 12.8. The van der Waals surface area contributed by atoms with Crippen molar-refractivity contribution in [2.75, 3.05) is 42.6 Å². The van der Waals surface area contributed by atoms with Crippen LogP contribution < -0.4 is 15.1 Å². The van der Waals surface area contributed by atoms with Gasteiger partial charge in [0.25, 0.3) is 5.91 Å². The molecule has 4 aliphatic rings. The molecule has 2 aromatic carbocycles. The molecule has 0 aliphatic carbocycles. The van der Waals surface area contributed by atoms with E-state index in [1.807, 2.05) is 49.4 Å². The predicted octanol–water partition coefficient (Wildman–Crippen LogP) is 4.08. The molecule has 4 heterocycles. The molecule has 3 amide bonds. The molecule has 3 saturated heterocycles. The van der Waals surface area contributed by atoms with E-state index in [0.717, 1.165) is 35.1 Å². The molecule has 4 aliphatic heterocycles.